The Bertz CT molecular complexity index is 849. The van der Waals surface area contributed by atoms with Gasteiger partial charge in [-0.15, -0.1) is 0 Å². The van der Waals surface area contributed by atoms with Crippen LogP contribution < -0.4 is 23.3 Å². The standard InChI is InChI=1S/C21H25N3O.ClH/c25-21-19-12-4-5-13-20(19)23-17-24(21)16-8-15-22-14-7-6-11-18-9-2-1-3-10-18;/h1-5,9-10,12-13,17,22H,6-8,11,14-16H2;1H. The van der Waals surface area contributed by atoms with E-state index in [0.29, 0.717) is 5.39 Å². The summed E-state index contributed by atoms with van der Waals surface area (Å²) < 4.78 is 1.73. The number of para-hydroxylation sites is 1. The SMILES string of the molecule is O=c1c2ccccc2ncn1CCC[NH2+]CCCCc1ccccc1.[Cl-]. The Morgan fingerprint density at radius 1 is 0.885 bits per heavy atom. The Labute approximate surface area is 160 Å². The second kappa shape index (κ2) is 10.7. The number of nitrogens with two attached hydrogens (primary N) is 1. The van der Waals surface area contributed by atoms with E-state index in [1.165, 1.54) is 18.4 Å². The van der Waals surface area contributed by atoms with Gasteiger partial charge in [-0.1, -0.05) is 42.5 Å². The largest absolute Gasteiger partial charge is 1.00 e. The van der Waals surface area contributed by atoms with E-state index in [4.69, 9.17) is 0 Å². The highest BCUT2D eigenvalue weighted by molar-refractivity contribution is 5.76. The molecule has 0 aliphatic heterocycles. The predicted octanol–water partition coefficient (Wildman–Crippen LogP) is -0.623. The first-order chi connectivity index (χ1) is 12.3. The number of benzene rings is 2. The molecule has 1 aromatic heterocycles. The highest BCUT2D eigenvalue weighted by atomic mass is 35.5. The molecule has 0 saturated carbocycles. The first-order valence-electron chi connectivity index (χ1n) is 9.14. The monoisotopic (exact) mass is 371 g/mol. The third-order valence-corrected chi connectivity index (χ3v) is 4.51. The lowest BCUT2D eigenvalue weighted by Gasteiger charge is -2.06. The van der Waals surface area contributed by atoms with Gasteiger partial charge in [-0.25, -0.2) is 4.98 Å². The average Bonchev–Trinajstić information content (AvgIpc) is 2.66. The molecule has 0 unspecified atom stereocenters. The first kappa shape index (κ1) is 20.1. The zero-order valence-corrected chi connectivity index (χ0v) is 15.7. The van der Waals surface area contributed by atoms with Crippen LogP contribution in [0.2, 0.25) is 0 Å². The van der Waals surface area contributed by atoms with Gasteiger partial charge in [0.05, 0.1) is 30.3 Å². The van der Waals surface area contributed by atoms with Gasteiger partial charge < -0.3 is 17.7 Å². The molecule has 0 atom stereocenters. The van der Waals surface area contributed by atoms with Gasteiger partial charge in [0.1, 0.15) is 0 Å². The topological polar surface area (TPSA) is 51.5 Å². The van der Waals surface area contributed by atoms with Crippen LogP contribution in [0.5, 0.6) is 0 Å². The third-order valence-electron chi connectivity index (χ3n) is 4.51. The van der Waals surface area contributed by atoms with E-state index in [2.05, 4.69) is 40.6 Å². The normalized spacial score (nSPS) is 10.6. The van der Waals surface area contributed by atoms with E-state index in [1.54, 1.807) is 10.9 Å². The third kappa shape index (κ3) is 5.68. The van der Waals surface area contributed by atoms with E-state index < -0.39 is 0 Å². The van der Waals surface area contributed by atoms with Gasteiger partial charge in [0.2, 0.25) is 0 Å². The maximum Gasteiger partial charge on any atom is 0.261 e. The molecule has 4 nitrogen and oxygen atoms in total. The first-order valence-corrected chi connectivity index (χ1v) is 9.14. The van der Waals surface area contributed by atoms with Crippen LogP contribution in [0.1, 0.15) is 24.8 Å². The Hall–Kier alpha value is -2.17. The fourth-order valence-corrected chi connectivity index (χ4v) is 3.08. The van der Waals surface area contributed by atoms with Crippen LogP contribution in [0.4, 0.5) is 0 Å². The average molecular weight is 372 g/mol. The summed E-state index contributed by atoms with van der Waals surface area (Å²) >= 11 is 0. The second-order valence-corrected chi connectivity index (χ2v) is 6.42. The van der Waals surface area contributed by atoms with Crippen molar-refractivity contribution < 1.29 is 17.7 Å². The molecular weight excluding hydrogens is 346 g/mol. The lowest BCUT2D eigenvalue weighted by Crippen LogP contribution is -3.00. The van der Waals surface area contributed by atoms with E-state index in [-0.39, 0.29) is 18.0 Å². The van der Waals surface area contributed by atoms with Crippen molar-refractivity contribution in [2.24, 2.45) is 0 Å². The van der Waals surface area contributed by atoms with Gasteiger partial charge >= 0.3 is 0 Å². The molecule has 138 valence electrons. The summed E-state index contributed by atoms with van der Waals surface area (Å²) in [7, 11) is 0. The number of nitrogens with zero attached hydrogens (tertiary/aromatic N) is 2. The van der Waals surface area contributed by atoms with Crippen LogP contribution in [-0.2, 0) is 13.0 Å². The van der Waals surface area contributed by atoms with Crippen molar-refractivity contribution in [2.75, 3.05) is 13.1 Å². The molecule has 0 fully saturated rings. The van der Waals surface area contributed by atoms with E-state index in [0.717, 1.165) is 38.0 Å². The predicted molar refractivity (Wildman–Crippen MR) is 102 cm³/mol. The number of aryl methyl sites for hydroxylation is 2. The quantitative estimate of drug-likeness (QED) is 0.510. The van der Waals surface area contributed by atoms with Crippen molar-refractivity contribution in [3.63, 3.8) is 0 Å². The van der Waals surface area contributed by atoms with Crippen molar-refractivity contribution in [3.05, 3.63) is 76.8 Å². The lowest BCUT2D eigenvalue weighted by atomic mass is 10.1. The summed E-state index contributed by atoms with van der Waals surface area (Å²) in [6.07, 6.45) is 6.27. The fourth-order valence-electron chi connectivity index (χ4n) is 3.08. The minimum atomic E-state index is 0. The highest BCUT2D eigenvalue weighted by Gasteiger charge is 2.03. The zero-order valence-electron chi connectivity index (χ0n) is 15.0. The van der Waals surface area contributed by atoms with E-state index in [9.17, 15) is 4.79 Å². The molecule has 26 heavy (non-hydrogen) atoms. The van der Waals surface area contributed by atoms with Gasteiger partial charge in [-0.2, -0.15) is 0 Å². The molecule has 2 aromatic carbocycles. The van der Waals surface area contributed by atoms with Crippen molar-refractivity contribution in [2.45, 2.75) is 32.2 Å². The molecular formula is C21H26ClN3O. The molecule has 1 heterocycles. The van der Waals surface area contributed by atoms with Crippen LogP contribution in [0, 0.1) is 0 Å². The van der Waals surface area contributed by atoms with Gasteiger partial charge in [0.15, 0.2) is 0 Å². The molecule has 0 aliphatic rings. The fraction of sp³-hybridized carbons (Fsp3) is 0.333. The Balaban J connectivity index is 0.00000243. The maximum absolute atomic E-state index is 12.4. The smallest absolute Gasteiger partial charge is 0.261 e. The summed E-state index contributed by atoms with van der Waals surface area (Å²) in [4.78, 5) is 16.7. The number of aromatic nitrogens is 2. The molecule has 0 aliphatic carbocycles. The Kier molecular flexibility index (Phi) is 8.32. The van der Waals surface area contributed by atoms with Gasteiger partial charge in [-0.05, 0) is 37.0 Å². The van der Waals surface area contributed by atoms with Crippen molar-refractivity contribution in [1.29, 1.82) is 0 Å². The van der Waals surface area contributed by atoms with E-state index in [1.807, 2.05) is 24.3 Å². The second-order valence-electron chi connectivity index (χ2n) is 6.42. The van der Waals surface area contributed by atoms with Crippen LogP contribution >= 0.6 is 0 Å². The number of unbranched alkanes of at least 4 members (excludes halogenated alkanes) is 1. The molecule has 3 rings (SSSR count). The number of hydrogen-bond donors (Lipinski definition) is 1. The minimum absolute atomic E-state index is 0. The van der Waals surface area contributed by atoms with Crippen molar-refractivity contribution in [1.82, 2.24) is 9.55 Å². The van der Waals surface area contributed by atoms with Crippen molar-refractivity contribution in [3.8, 4) is 0 Å². The van der Waals surface area contributed by atoms with E-state index >= 15 is 0 Å². The summed E-state index contributed by atoms with van der Waals surface area (Å²) in [6, 6.07) is 18.2. The summed E-state index contributed by atoms with van der Waals surface area (Å²) in [6.45, 7) is 2.93. The lowest BCUT2D eigenvalue weighted by molar-refractivity contribution is -0.655. The molecule has 0 spiro atoms. The Morgan fingerprint density at radius 3 is 2.46 bits per heavy atom. The van der Waals surface area contributed by atoms with Gasteiger partial charge in [0.25, 0.3) is 5.56 Å². The number of fused-ring (bicyclic) bond motifs is 1. The molecule has 0 amide bonds. The minimum Gasteiger partial charge on any atom is -1.00 e. The van der Waals surface area contributed by atoms with Crippen LogP contribution in [0.15, 0.2) is 65.7 Å². The molecule has 0 saturated heterocycles. The molecule has 2 N–H and O–H groups in total. The summed E-state index contributed by atoms with van der Waals surface area (Å²) in [5.74, 6) is 0. The van der Waals surface area contributed by atoms with Crippen LogP contribution in [-0.4, -0.2) is 22.6 Å². The Morgan fingerprint density at radius 2 is 1.62 bits per heavy atom. The number of hydrogen-bond acceptors (Lipinski definition) is 2. The number of quaternary nitrogens is 1. The van der Waals surface area contributed by atoms with Gasteiger partial charge in [-0.3, -0.25) is 9.36 Å². The summed E-state index contributed by atoms with van der Waals surface area (Å²) in [5.41, 5.74) is 2.26. The van der Waals surface area contributed by atoms with Gasteiger partial charge in [0, 0.05) is 13.0 Å². The maximum atomic E-state index is 12.4. The molecule has 3 aromatic rings. The highest BCUT2D eigenvalue weighted by Crippen LogP contribution is 2.05. The molecule has 5 heteroatoms. The summed E-state index contributed by atoms with van der Waals surface area (Å²) in [5, 5.41) is 3.06. The number of halogens is 1. The zero-order chi connectivity index (χ0) is 17.3. The number of rotatable bonds is 9. The van der Waals surface area contributed by atoms with Crippen LogP contribution in [0.3, 0.4) is 0 Å². The van der Waals surface area contributed by atoms with Crippen LogP contribution in [0.25, 0.3) is 10.9 Å². The van der Waals surface area contributed by atoms with Crippen molar-refractivity contribution >= 4 is 10.9 Å². The molecule has 0 radical (unpaired) electrons. The molecule has 0 bridgehead atoms.